The lowest BCUT2D eigenvalue weighted by Gasteiger charge is -2.14. The van der Waals surface area contributed by atoms with Crippen LogP contribution in [-0.2, 0) is 9.53 Å². The van der Waals surface area contributed by atoms with Gasteiger partial charge in [-0.05, 0) is 49.7 Å². The Balaban J connectivity index is 1.67. The summed E-state index contributed by atoms with van der Waals surface area (Å²) in [7, 11) is 0. The summed E-state index contributed by atoms with van der Waals surface area (Å²) in [6.07, 6.45) is 2.03. The molecular formula is C19H16FN3O3. The molecule has 132 valence electrons. The minimum atomic E-state index is -1.05. The number of nitrogens with one attached hydrogen (secondary N) is 1. The second-order valence-electron chi connectivity index (χ2n) is 5.76. The van der Waals surface area contributed by atoms with Gasteiger partial charge in [-0.15, -0.1) is 0 Å². The second-order valence-corrected chi connectivity index (χ2v) is 5.76. The summed E-state index contributed by atoms with van der Waals surface area (Å²) < 4.78 is 18.7. The maximum atomic E-state index is 13.5. The monoisotopic (exact) mass is 353 g/mol. The number of rotatable bonds is 4. The number of benzene rings is 2. The normalized spacial score (nSPS) is 11.8. The third-order valence-corrected chi connectivity index (χ3v) is 3.80. The molecule has 0 bridgehead atoms. The van der Waals surface area contributed by atoms with E-state index in [-0.39, 0.29) is 5.56 Å². The molecule has 0 saturated heterocycles. The van der Waals surface area contributed by atoms with Crippen LogP contribution < -0.4 is 5.32 Å². The van der Waals surface area contributed by atoms with Gasteiger partial charge in [-0.2, -0.15) is 0 Å². The lowest BCUT2D eigenvalue weighted by molar-refractivity contribution is -0.123. The molecule has 3 rings (SSSR count). The van der Waals surface area contributed by atoms with Gasteiger partial charge in [-0.3, -0.25) is 14.8 Å². The Morgan fingerprint density at radius 3 is 2.54 bits per heavy atom. The predicted octanol–water partition coefficient (Wildman–Crippen LogP) is 3.26. The van der Waals surface area contributed by atoms with Crippen molar-refractivity contribution in [2.75, 3.05) is 5.32 Å². The number of amides is 1. The first-order chi connectivity index (χ1) is 12.4. The highest BCUT2D eigenvalue weighted by atomic mass is 19.1. The Bertz CT molecular complexity index is 991. The Morgan fingerprint density at radius 1 is 1.08 bits per heavy atom. The predicted molar refractivity (Wildman–Crippen MR) is 94.2 cm³/mol. The Hall–Kier alpha value is -3.35. The van der Waals surface area contributed by atoms with E-state index in [0.29, 0.717) is 22.3 Å². The number of hydrogen-bond acceptors (Lipinski definition) is 5. The number of nitrogens with zero attached hydrogens (tertiary/aromatic N) is 2. The molecule has 0 saturated carbocycles. The van der Waals surface area contributed by atoms with Crippen LogP contribution in [0.1, 0.15) is 22.8 Å². The molecule has 1 amide bonds. The Labute approximate surface area is 149 Å². The van der Waals surface area contributed by atoms with Crippen molar-refractivity contribution in [1.29, 1.82) is 0 Å². The van der Waals surface area contributed by atoms with Gasteiger partial charge in [-0.25, -0.2) is 9.18 Å². The summed E-state index contributed by atoms with van der Waals surface area (Å²) in [6, 6.07) is 9.09. The van der Waals surface area contributed by atoms with Crippen molar-refractivity contribution in [3.63, 3.8) is 0 Å². The van der Waals surface area contributed by atoms with Crippen molar-refractivity contribution in [2.45, 2.75) is 20.0 Å². The molecule has 0 unspecified atom stereocenters. The van der Waals surface area contributed by atoms with E-state index >= 15 is 0 Å². The van der Waals surface area contributed by atoms with Crippen LogP contribution in [0.4, 0.5) is 10.1 Å². The number of carbonyl (C=O) groups excluding carboxylic acids is 2. The van der Waals surface area contributed by atoms with Crippen LogP contribution in [0.25, 0.3) is 11.0 Å². The van der Waals surface area contributed by atoms with Gasteiger partial charge in [0.05, 0.1) is 16.6 Å². The molecule has 2 aromatic carbocycles. The van der Waals surface area contributed by atoms with Crippen LogP contribution in [-0.4, -0.2) is 27.9 Å². The van der Waals surface area contributed by atoms with Crippen molar-refractivity contribution in [3.8, 4) is 0 Å². The average Bonchev–Trinajstić information content (AvgIpc) is 2.64. The smallest absolute Gasteiger partial charge is 0.338 e. The minimum absolute atomic E-state index is 0.263. The molecule has 0 spiro atoms. The number of halogens is 1. The molecule has 1 atom stereocenters. The molecule has 26 heavy (non-hydrogen) atoms. The highest BCUT2D eigenvalue weighted by Crippen LogP contribution is 2.15. The van der Waals surface area contributed by atoms with Crippen LogP contribution in [0.15, 0.2) is 48.8 Å². The second kappa shape index (κ2) is 7.26. The fourth-order valence-corrected chi connectivity index (χ4v) is 2.29. The first-order valence-corrected chi connectivity index (χ1v) is 7.93. The van der Waals surface area contributed by atoms with Crippen molar-refractivity contribution < 1.29 is 18.7 Å². The van der Waals surface area contributed by atoms with E-state index in [1.807, 2.05) is 0 Å². The van der Waals surface area contributed by atoms with Gasteiger partial charge in [0.15, 0.2) is 6.10 Å². The fraction of sp³-hybridized carbons (Fsp3) is 0.158. The lowest BCUT2D eigenvalue weighted by atomic mass is 10.2. The molecule has 0 aliphatic carbocycles. The average molecular weight is 353 g/mol. The van der Waals surface area contributed by atoms with Gasteiger partial charge in [0.2, 0.25) is 0 Å². The van der Waals surface area contributed by atoms with E-state index in [9.17, 15) is 14.0 Å². The summed E-state index contributed by atoms with van der Waals surface area (Å²) in [6.45, 7) is 3.07. The zero-order valence-corrected chi connectivity index (χ0v) is 14.2. The van der Waals surface area contributed by atoms with Crippen molar-refractivity contribution in [2.24, 2.45) is 0 Å². The van der Waals surface area contributed by atoms with Gasteiger partial charge in [0.25, 0.3) is 5.91 Å². The number of hydrogen-bond donors (Lipinski definition) is 1. The van der Waals surface area contributed by atoms with Crippen LogP contribution in [0.5, 0.6) is 0 Å². The Morgan fingerprint density at radius 2 is 1.81 bits per heavy atom. The molecular weight excluding hydrogens is 337 g/mol. The SMILES string of the molecule is Cc1ccc(NC(=O)[C@@H](C)OC(=O)c2ccc3nccnc3c2)cc1F. The van der Waals surface area contributed by atoms with Gasteiger partial charge in [-0.1, -0.05) is 6.07 Å². The molecule has 0 aliphatic rings. The first kappa shape index (κ1) is 17.5. The summed E-state index contributed by atoms with van der Waals surface area (Å²) in [5.74, 6) is -1.64. The largest absolute Gasteiger partial charge is 0.449 e. The standard InChI is InChI=1S/C19H16FN3O3/c1-11-3-5-14(10-15(11)20)23-18(24)12(2)26-19(25)13-4-6-16-17(9-13)22-8-7-21-16/h3-10,12H,1-2H3,(H,23,24)/t12-/m1/s1. The van der Waals surface area contributed by atoms with Gasteiger partial charge >= 0.3 is 5.97 Å². The summed E-state index contributed by atoms with van der Waals surface area (Å²) in [5.41, 5.74) is 2.23. The number of anilines is 1. The molecule has 0 aliphatic heterocycles. The van der Waals surface area contributed by atoms with Crippen molar-refractivity contribution in [3.05, 3.63) is 65.7 Å². The molecule has 1 aromatic heterocycles. The van der Waals surface area contributed by atoms with E-state index in [1.54, 1.807) is 43.5 Å². The number of aryl methyl sites for hydroxylation is 1. The van der Waals surface area contributed by atoms with E-state index in [4.69, 9.17) is 4.74 Å². The molecule has 7 heteroatoms. The number of fused-ring (bicyclic) bond motifs is 1. The lowest BCUT2D eigenvalue weighted by Crippen LogP contribution is -2.30. The van der Waals surface area contributed by atoms with Gasteiger partial charge in [0, 0.05) is 18.1 Å². The van der Waals surface area contributed by atoms with Crippen LogP contribution >= 0.6 is 0 Å². The van der Waals surface area contributed by atoms with Crippen LogP contribution in [0.3, 0.4) is 0 Å². The zero-order valence-electron chi connectivity index (χ0n) is 14.2. The molecule has 3 aromatic rings. The van der Waals surface area contributed by atoms with Crippen LogP contribution in [0, 0.1) is 12.7 Å². The van der Waals surface area contributed by atoms with Crippen molar-refractivity contribution in [1.82, 2.24) is 9.97 Å². The fourth-order valence-electron chi connectivity index (χ4n) is 2.29. The minimum Gasteiger partial charge on any atom is -0.449 e. The third-order valence-electron chi connectivity index (χ3n) is 3.80. The topological polar surface area (TPSA) is 81.2 Å². The number of ether oxygens (including phenoxy) is 1. The molecule has 1 heterocycles. The number of esters is 1. The molecule has 0 fully saturated rings. The van der Waals surface area contributed by atoms with E-state index in [1.165, 1.54) is 19.2 Å². The van der Waals surface area contributed by atoms with E-state index in [0.717, 1.165) is 0 Å². The number of carbonyl (C=O) groups is 2. The van der Waals surface area contributed by atoms with Gasteiger partial charge in [0.1, 0.15) is 5.82 Å². The highest BCUT2D eigenvalue weighted by Gasteiger charge is 2.19. The maximum Gasteiger partial charge on any atom is 0.338 e. The van der Waals surface area contributed by atoms with Crippen molar-refractivity contribution >= 4 is 28.6 Å². The molecule has 1 N–H and O–H groups in total. The highest BCUT2D eigenvalue weighted by molar-refractivity contribution is 5.98. The quantitative estimate of drug-likeness (QED) is 0.728. The molecule has 6 nitrogen and oxygen atoms in total. The summed E-state index contributed by atoms with van der Waals surface area (Å²) in [5, 5.41) is 2.52. The first-order valence-electron chi connectivity index (χ1n) is 7.93. The zero-order chi connectivity index (χ0) is 18.7. The molecule has 0 radical (unpaired) electrons. The number of aromatic nitrogens is 2. The van der Waals surface area contributed by atoms with Crippen LogP contribution in [0.2, 0.25) is 0 Å². The van der Waals surface area contributed by atoms with E-state index in [2.05, 4.69) is 15.3 Å². The maximum absolute atomic E-state index is 13.5. The Kier molecular flexibility index (Phi) is 4.88. The summed E-state index contributed by atoms with van der Waals surface area (Å²) in [4.78, 5) is 32.6. The summed E-state index contributed by atoms with van der Waals surface area (Å²) >= 11 is 0. The third kappa shape index (κ3) is 3.83. The van der Waals surface area contributed by atoms with E-state index < -0.39 is 23.8 Å². The van der Waals surface area contributed by atoms with Gasteiger partial charge < -0.3 is 10.1 Å².